The maximum atomic E-state index is 11.5. The molecule has 7 nitrogen and oxygen atoms in total. The van der Waals surface area contributed by atoms with Crippen LogP contribution in [0.25, 0.3) is 0 Å². The lowest BCUT2D eigenvalue weighted by Gasteiger charge is -2.19. The van der Waals surface area contributed by atoms with Gasteiger partial charge >= 0.3 is 6.03 Å². The Morgan fingerprint density at radius 2 is 1.95 bits per heavy atom. The number of nitro groups is 1. The highest BCUT2D eigenvalue weighted by Gasteiger charge is 2.15. The van der Waals surface area contributed by atoms with E-state index in [1.807, 2.05) is 0 Å². The van der Waals surface area contributed by atoms with Crippen molar-refractivity contribution in [2.45, 2.75) is 6.54 Å². The van der Waals surface area contributed by atoms with E-state index in [4.69, 9.17) is 5.73 Å². The second-order valence-corrected chi connectivity index (χ2v) is 4.02. The number of amides is 2. The largest absolute Gasteiger partial charge is 0.351 e. The third-order valence-corrected chi connectivity index (χ3v) is 2.68. The highest BCUT2D eigenvalue weighted by molar-refractivity contribution is 5.90. The first-order chi connectivity index (χ1) is 9.58. The lowest BCUT2D eigenvalue weighted by atomic mass is 10.2. The summed E-state index contributed by atoms with van der Waals surface area (Å²) in [5.74, 6) is 0. The van der Waals surface area contributed by atoms with Crippen LogP contribution in [0.5, 0.6) is 0 Å². The second kappa shape index (κ2) is 5.79. The van der Waals surface area contributed by atoms with Gasteiger partial charge in [0.2, 0.25) is 0 Å². The number of aromatic nitrogens is 1. The molecule has 102 valence electrons. The van der Waals surface area contributed by atoms with Crippen molar-refractivity contribution in [3.8, 4) is 0 Å². The molecular weight excluding hydrogens is 260 g/mol. The molecule has 0 fully saturated rings. The average molecular weight is 272 g/mol. The number of nitrogens with zero attached hydrogens (tertiary/aromatic N) is 3. The van der Waals surface area contributed by atoms with Crippen molar-refractivity contribution in [1.82, 2.24) is 4.98 Å². The number of carbonyl (C=O) groups is 1. The molecule has 1 aromatic heterocycles. The molecule has 0 aliphatic heterocycles. The second-order valence-electron chi connectivity index (χ2n) is 4.02. The van der Waals surface area contributed by atoms with Gasteiger partial charge in [0.15, 0.2) is 0 Å². The molecule has 2 N–H and O–H groups in total. The average Bonchev–Trinajstić information content (AvgIpc) is 2.45. The number of hydrogen-bond donors (Lipinski definition) is 1. The number of benzene rings is 1. The van der Waals surface area contributed by atoms with Gasteiger partial charge < -0.3 is 5.73 Å². The van der Waals surface area contributed by atoms with Crippen LogP contribution in [-0.2, 0) is 6.54 Å². The zero-order chi connectivity index (χ0) is 14.5. The molecule has 2 aromatic rings. The van der Waals surface area contributed by atoms with Crippen molar-refractivity contribution < 1.29 is 9.72 Å². The number of nitro benzene ring substituents is 1. The third-order valence-electron chi connectivity index (χ3n) is 2.68. The first kappa shape index (κ1) is 13.5. The summed E-state index contributed by atoms with van der Waals surface area (Å²) in [5.41, 5.74) is 6.45. The van der Waals surface area contributed by atoms with Gasteiger partial charge in [-0.15, -0.1) is 0 Å². The summed E-state index contributed by atoms with van der Waals surface area (Å²) in [6.45, 7) is 0.202. The van der Waals surface area contributed by atoms with Crippen molar-refractivity contribution in [1.29, 1.82) is 0 Å². The van der Waals surface area contributed by atoms with Gasteiger partial charge in [0.25, 0.3) is 5.69 Å². The van der Waals surface area contributed by atoms with Crippen molar-refractivity contribution in [2.24, 2.45) is 5.73 Å². The number of nitrogens with two attached hydrogens (primary N) is 1. The number of non-ortho nitro benzene ring substituents is 1. The van der Waals surface area contributed by atoms with Crippen LogP contribution in [0.2, 0.25) is 0 Å². The van der Waals surface area contributed by atoms with E-state index in [1.54, 1.807) is 24.4 Å². The van der Waals surface area contributed by atoms with Crippen molar-refractivity contribution in [3.63, 3.8) is 0 Å². The minimum absolute atomic E-state index is 0.0454. The van der Waals surface area contributed by atoms with Crippen LogP contribution in [-0.4, -0.2) is 15.9 Å². The minimum atomic E-state index is -0.649. The Balaban J connectivity index is 2.25. The van der Waals surface area contributed by atoms with Gasteiger partial charge in [-0.2, -0.15) is 0 Å². The summed E-state index contributed by atoms with van der Waals surface area (Å²) in [4.78, 5) is 27.0. The van der Waals surface area contributed by atoms with Gasteiger partial charge in [-0.25, -0.2) is 4.79 Å². The quantitative estimate of drug-likeness (QED) is 0.679. The molecule has 0 radical (unpaired) electrons. The van der Waals surface area contributed by atoms with E-state index in [-0.39, 0.29) is 12.2 Å². The molecule has 1 aromatic carbocycles. The van der Waals surface area contributed by atoms with Crippen molar-refractivity contribution in [2.75, 3.05) is 4.90 Å². The molecule has 0 aliphatic carbocycles. The van der Waals surface area contributed by atoms with Crippen LogP contribution >= 0.6 is 0 Å². The van der Waals surface area contributed by atoms with E-state index in [0.29, 0.717) is 11.4 Å². The van der Waals surface area contributed by atoms with E-state index in [9.17, 15) is 14.9 Å². The Morgan fingerprint density at radius 1 is 1.25 bits per heavy atom. The molecule has 0 unspecified atom stereocenters. The Kier molecular flexibility index (Phi) is 3.90. The lowest BCUT2D eigenvalue weighted by molar-refractivity contribution is -0.384. The maximum Gasteiger partial charge on any atom is 0.319 e. The molecule has 0 saturated heterocycles. The summed E-state index contributed by atoms with van der Waals surface area (Å²) < 4.78 is 0. The number of anilines is 1. The number of hydrogen-bond acceptors (Lipinski definition) is 4. The fourth-order valence-corrected chi connectivity index (χ4v) is 1.70. The zero-order valence-corrected chi connectivity index (χ0v) is 10.5. The van der Waals surface area contributed by atoms with Crippen molar-refractivity contribution >= 4 is 17.4 Å². The number of carbonyl (C=O) groups excluding carboxylic acids is 1. The minimum Gasteiger partial charge on any atom is -0.351 e. The molecule has 0 aliphatic rings. The maximum absolute atomic E-state index is 11.5. The Bertz CT molecular complexity index is 613. The van der Waals surface area contributed by atoms with Gasteiger partial charge in [0, 0.05) is 24.0 Å². The van der Waals surface area contributed by atoms with Crippen LogP contribution < -0.4 is 10.6 Å². The molecule has 0 saturated carbocycles. The van der Waals surface area contributed by atoms with Crippen molar-refractivity contribution in [3.05, 3.63) is 64.5 Å². The van der Waals surface area contributed by atoms with Crippen LogP contribution in [0, 0.1) is 10.1 Å². The molecule has 1 heterocycles. The molecule has 0 atom stereocenters. The molecule has 0 spiro atoms. The monoisotopic (exact) mass is 272 g/mol. The van der Waals surface area contributed by atoms with Crippen LogP contribution in [0.15, 0.2) is 48.7 Å². The van der Waals surface area contributed by atoms with E-state index in [2.05, 4.69) is 4.98 Å². The number of primary amides is 1. The molecule has 20 heavy (non-hydrogen) atoms. The van der Waals surface area contributed by atoms with Gasteiger partial charge in [-0.05, 0) is 24.3 Å². The summed E-state index contributed by atoms with van der Waals surface area (Å²) >= 11 is 0. The fraction of sp³-hybridized carbons (Fsp3) is 0.0769. The Morgan fingerprint density at radius 3 is 2.45 bits per heavy atom. The van der Waals surface area contributed by atoms with E-state index >= 15 is 0 Å². The summed E-state index contributed by atoms with van der Waals surface area (Å²) in [7, 11) is 0. The normalized spacial score (nSPS) is 10.0. The zero-order valence-electron chi connectivity index (χ0n) is 10.5. The van der Waals surface area contributed by atoms with Gasteiger partial charge in [-0.1, -0.05) is 6.07 Å². The number of rotatable bonds is 4. The summed E-state index contributed by atoms with van der Waals surface area (Å²) in [6, 6.07) is 10.3. The van der Waals surface area contributed by atoms with Gasteiger partial charge in [-0.3, -0.25) is 20.0 Å². The summed E-state index contributed by atoms with van der Waals surface area (Å²) in [5, 5.41) is 10.6. The standard InChI is InChI=1S/C13H12N4O3/c14-13(18)16(9-10-3-1-2-8-15-10)11-4-6-12(7-5-11)17(19)20/h1-8H,9H2,(H2,14,18). The molecule has 7 heteroatoms. The number of pyridine rings is 1. The van der Waals surface area contributed by atoms with Crippen LogP contribution in [0.1, 0.15) is 5.69 Å². The SMILES string of the molecule is NC(=O)N(Cc1ccccn1)c1ccc([N+](=O)[O-])cc1. The van der Waals surface area contributed by atoms with E-state index < -0.39 is 11.0 Å². The summed E-state index contributed by atoms with van der Waals surface area (Å²) in [6.07, 6.45) is 1.62. The molecule has 0 bridgehead atoms. The van der Waals surface area contributed by atoms with Crippen LogP contribution in [0.3, 0.4) is 0 Å². The molecule has 2 rings (SSSR count). The Hall–Kier alpha value is -2.96. The molecular formula is C13H12N4O3. The highest BCUT2D eigenvalue weighted by Crippen LogP contribution is 2.20. The Labute approximate surface area is 114 Å². The third kappa shape index (κ3) is 3.08. The van der Waals surface area contributed by atoms with Crippen LogP contribution in [0.4, 0.5) is 16.2 Å². The predicted molar refractivity (Wildman–Crippen MR) is 73.1 cm³/mol. The number of urea groups is 1. The van der Waals surface area contributed by atoms with E-state index in [1.165, 1.54) is 29.2 Å². The lowest BCUT2D eigenvalue weighted by Crippen LogP contribution is -2.35. The highest BCUT2D eigenvalue weighted by atomic mass is 16.6. The fourth-order valence-electron chi connectivity index (χ4n) is 1.70. The van der Waals surface area contributed by atoms with Gasteiger partial charge in [0.1, 0.15) is 0 Å². The predicted octanol–water partition coefficient (Wildman–Crippen LogP) is 2.08. The first-order valence-electron chi connectivity index (χ1n) is 5.79. The van der Waals surface area contributed by atoms with Gasteiger partial charge in [0.05, 0.1) is 17.2 Å². The van der Waals surface area contributed by atoms with E-state index in [0.717, 1.165) is 0 Å². The first-order valence-corrected chi connectivity index (χ1v) is 5.79. The smallest absolute Gasteiger partial charge is 0.319 e. The topological polar surface area (TPSA) is 102 Å². The molecule has 2 amide bonds.